The Balaban J connectivity index is 1.90. The quantitative estimate of drug-likeness (QED) is 0.525. The van der Waals surface area contributed by atoms with E-state index in [2.05, 4.69) is 6.08 Å². The van der Waals surface area contributed by atoms with Gasteiger partial charge in [-0.1, -0.05) is 30.4 Å². The molecule has 0 aliphatic heterocycles. The van der Waals surface area contributed by atoms with Gasteiger partial charge in [-0.3, -0.25) is 0 Å². The van der Waals surface area contributed by atoms with Crippen LogP contribution in [0, 0.1) is 17.2 Å². The van der Waals surface area contributed by atoms with Gasteiger partial charge in [0.1, 0.15) is 0 Å². The average Bonchev–Trinajstić information content (AvgIpc) is 2.51. The summed E-state index contributed by atoms with van der Waals surface area (Å²) >= 11 is 0. The van der Waals surface area contributed by atoms with Crippen LogP contribution in [0.1, 0.15) is 42.7 Å². The van der Waals surface area contributed by atoms with Gasteiger partial charge >= 0.3 is 6.18 Å². The topological polar surface area (TPSA) is 23.8 Å². The monoisotopic (exact) mass is 305 g/mol. The Morgan fingerprint density at radius 2 is 1.64 bits per heavy atom. The number of rotatable bonds is 3. The van der Waals surface area contributed by atoms with E-state index >= 15 is 0 Å². The predicted molar refractivity (Wildman–Crippen MR) is 80.0 cm³/mol. The maximum atomic E-state index is 12.6. The van der Waals surface area contributed by atoms with Crippen LogP contribution in [0.2, 0.25) is 0 Å². The van der Waals surface area contributed by atoms with Crippen LogP contribution in [0.4, 0.5) is 13.2 Å². The zero-order valence-corrected chi connectivity index (χ0v) is 12.2. The maximum Gasteiger partial charge on any atom is 0.416 e. The lowest BCUT2D eigenvalue weighted by molar-refractivity contribution is -0.137. The summed E-state index contributed by atoms with van der Waals surface area (Å²) in [6, 6.07) is 7.51. The van der Waals surface area contributed by atoms with Crippen molar-refractivity contribution < 1.29 is 13.2 Å². The highest BCUT2D eigenvalue weighted by Gasteiger charge is 2.30. The molecule has 1 aromatic rings. The van der Waals surface area contributed by atoms with Crippen molar-refractivity contribution in [2.24, 2.45) is 5.92 Å². The highest BCUT2D eigenvalue weighted by Crippen LogP contribution is 2.37. The third-order valence-corrected chi connectivity index (χ3v) is 4.15. The molecule has 1 saturated carbocycles. The van der Waals surface area contributed by atoms with E-state index in [9.17, 15) is 13.2 Å². The Morgan fingerprint density at radius 3 is 2.18 bits per heavy atom. The normalized spacial score (nSPS) is 23.0. The van der Waals surface area contributed by atoms with E-state index in [4.69, 9.17) is 5.26 Å². The minimum absolute atomic E-state index is 0.349. The van der Waals surface area contributed by atoms with Gasteiger partial charge in [0.05, 0.1) is 11.6 Å². The van der Waals surface area contributed by atoms with Crippen molar-refractivity contribution in [2.75, 3.05) is 0 Å². The Hall–Kier alpha value is -2.02. The van der Waals surface area contributed by atoms with Gasteiger partial charge < -0.3 is 0 Å². The minimum Gasteiger partial charge on any atom is -0.193 e. The first kappa shape index (κ1) is 16.4. The van der Waals surface area contributed by atoms with E-state index in [1.807, 2.05) is 12.1 Å². The summed E-state index contributed by atoms with van der Waals surface area (Å²) in [5.41, 5.74) is 0.414. The molecular formula is C18H18F3N. The molecule has 1 aromatic carbocycles. The number of nitrogens with zero attached hydrogens (tertiary/aromatic N) is 1. The molecule has 0 atom stereocenters. The summed E-state index contributed by atoms with van der Waals surface area (Å²) in [6.45, 7) is 0. The zero-order valence-electron chi connectivity index (χ0n) is 12.2. The van der Waals surface area contributed by atoms with Gasteiger partial charge in [-0.2, -0.15) is 18.4 Å². The van der Waals surface area contributed by atoms with Gasteiger partial charge in [0, 0.05) is 6.08 Å². The molecule has 1 aliphatic rings. The molecular weight excluding hydrogens is 287 g/mol. The van der Waals surface area contributed by atoms with Crippen molar-refractivity contribution in [3.05, 3.63) is 59.7 Å². The van der Waals surface area contributed by atoms with Gasteiger partial charge in [-0.05, 0) is 55.2 Å². The summed E-state index contributed by atoms with van der Waals surface area (Å²) in [5.74, 6) is 0.843. The lowest BCUT2D eigenvalue weighted by Crippen LogP contribution is -2.12. The van der Waals surface area contributed by atoms with E-state index in [-0.39, 0.29) is 0 Å². The number of hydrogen-bond donors (Lipinski definition) is 0. The van der Waals surface area contributed by atoms with Crippen LogP contribution >= 0.6 is 0 Å². The second-order valence-electron chi connectivity index (χ2n) is 5.60. The maximum absolute atomic E-state index is 12.6. The number of allylic oxidation sites excluding steroid dienone is 4. The van der Waals surface area contributed by atoms with Crippen LogP contribution < -0.4 is 0 Å². The molecule has 2 rings (SSSR count). The summed E-state index contributed by atoms with van der Waals surface area (Å²) in [7, 11) is 0. The smallest absolute Gasteiger partial charge is 0.193 e. The van der Waals surface area contributed by atoms with Gasteiger partial charge in [0.15, 0.2) is 0 Å². The Labute approximate surface area is 128 Å². The molecule has 0 N–H and O–H groups in total. The van der Waals surface area contributed by atoms with E-state index < -0.39 is 11.7 Å². The highest BCUT2D eigenvalue weighted by atomic mass is 19.4. The van der Waals surface area contributed by atoms with Gasteiger partial charge in [0.25, 0.3) is 0 Å². The molecule has 1 fully saturated rings. The SMILES string of the molecule is N#C/C=C/C=C/C1CCC(c2ccc(C(F)(F)F)cc2)CC1. The number of hydrogen-bond acceptors (Lipinski definition) is 1. The third kappa shape index (κ3) is 4.49. The molecule has 0 radical (unpaired) electrons. The number of alkyl halides is 3. The van der Waals surface area contributed by atoms with Crippen molar-refractivity contribution in [1.29, 1.82) is 5.26 Å². The van der Waals surface area contributed by atoms with Crippen LogP contribution in [0.5, 0.6) is 0 Å². The van der Waals surface area contributed by atoms with Crippen molar-refractivity contribution in [3.63, 3.8) is 0 Å². The second kappa shape index (κ2) is 7.31. The van der Waals surface area contributed by atoms with E-state index in [0.717, 1.165) is 31.2 Å². The molecule has 116 valence electrons. The van der Waals surface area contributed by atoms with Crippen LogP contribution in [0.15, 0.2) is 48.6 Å². The van der Waals surface area contributed by atoms with Crippen molar-refractivity contribution in [3.8, 4) is 6.07 Å². The van der Waals surface area contributed by atoms with Crippen LogP contribution in [-0.2, 0) is 6.18 Å². The van der Waals surface area contributed by atoms with Gasteiger partial charge in [-0.25, -0.2) is 0 Å². The molecule has 0 spiro atoms. The summed E-state index contributed by atoms with van der Waals surface area (Å²) in [5, 5.41) is 8.39. The summed E-state index contributed by atoms with van der Waals surface area (Å²) in [6.07, 6.45) is 6.93. The first-order chi connectivity index (χ1) is 10.5. The molecule has 1 aliphatic carbocycles. The Bertz CT molecular complexity index is 568. The third-order valence-electron chi connectivity index (χ3n) is 4.15. The van der Waals surface area contributed by atoms with Crippen LogP contribution in [-0.4, -0.2) is 0 Å². The van der Waals surface area contributed by atoms with Gasteiger partial charge in [0.2, 0.25) is 0 Å². The molecule has 0 heterocycles. The second-order valence-corrected chi connectivity index (χ2v) is 5.60. The molecule has 0 saturated heterocycles. The zero-order chi connectivity index (χ0) is 16.0. The first-order valence-electron chi connectivity index (χ1n) is 7.41. The van der Waals surface area contributed by atoms with Crippen molar-refractivity contribution in [2.45, 2.75) is 37.8 Å². The Kier molecular flexibility index (Phi) is 5.43. The van der Waals surface area contributed by atoms with Crippen LogP contribution in [0.3, 0.4) is 0 Å². The fourth-order valence-electron chi connectivity index (χ4n) is 2.91. The fourth-order valence-corrected chi connectivity index (χ4v) is 2.91. The van der Waals surface area contributed by atoms with Crippen LogP contribution in [0.25, 0.3) is 0 Å². The molecule has 0 bridgehead atoms. The molecule has 4 heteroatoms. The minimum atomic E-state index is -4.27. The molecule has 1 nitrogen and oxygen atoms in total. The standard InChI is InChI=1S/C18H18F3N/c19-18(20,21)17-11-9-16(10-12-17)15-7-5-14(6-8-15)4-2-1-3-13-22/h1-4,9-12,14-15H,5-8H2/b3-1+,4-2+. The van der Waals surface area contributed by atoms with Crippen molar-refractivity contribution >= 4 is 0 Å². The number of nitriles is 1. The molecule has 0 amide bonds. The van der Waals surface area contributed by atoms with Gasteiger partial charge in [-0.15, -0.1) is 0 Å². The van der Waals surface area contributed by atoms with Crippen molar-refractivity contribution in [1.82, 2.24) is 0 Å². The van der Waals surface area contributed by atoms with E-state index in [1.165, 1.54) is 18.2 Å². The highest BCUT2D eigenvalue weighted by molar-refractivity contribution is 5.27. The number of benzene rings is 1. The molecule has 0 aromatic heterocycles. The summed E-state index contributed by atoms with van der Waals surface area (Å²) < 4.78 is 37.7. The lowest BCUT2D eigenvalue weighted by atomic mass is 9.78. The lowest BCUT2D eigenvalue weighted by Gasteiger charge is -2.27. The van der Waals surface area contributed by atoms with E-state index in [0.29, 0.717) is 11.8 Å². The predicted octanol–water partition coefficient (Wildman–Crippen LogP) is 5.62. The van der Waals surface area contributed by atoms with E-state index in [1.54, 1.807) is 18.2 Å². The number of halogens is 3. The fraction of sp³-hybridized carbons (Fsp3) is 0.389. The first-order valence-corrected chi connectivity index (χ1v) is 7.41. The molecule has 22 heavy (non-hydrogen) atoms. The average molecular weight is 305 g/mol. The molecule has 0 unspecified atom stereocenters. The Morgan fingerprint density at radius 1 is 1.00 bits per heavy atom. The largest absolute Gasteiger partial charge is 0.416 e. The summed E-state index contributed by atoms with van der Waals surface area (Å²) in [4.78, 5) is 0.